The summed E-state index contributed by atoms with van der Waals surface area (Å²) in [6, 6.07) is 16.8. The number of halogens is 1. The Labute approximate surface area is 125 Å². The van der Waals surface area contributed by atoms with Crippen LogP contribution < -0.4 is 10.6 Å². The number of nitrogens with two attached hydrogens (primary N) is 1. The molecule has 2 aromatic carbocycles. The molecule has 0 bridgehead atoms. The molecule has 0 saturated carbocycles. The molecule has 0 radical (unpaired) electrons. The molecule has 1 aliphatic heterocycles. The lowest BCUT2D eigenvalue weighted by atomic mass is 9.98. The monoisotopic (exact) mass is 286 g/mol. The van der Waals surface area contributed by atoms with Gasteiger partial charge in [0.2, 0.25) is 0 Å². The van der Waals surface area contributed by atoms with Gasteiger partial charge in [-0.05, 0) is 42.3 Å². The lowest BCUT2D eigenvalue weighted by Gasteiger charge is -2.20. The average molecular weight is 287 g/mol. The van der Waals surface area contributed by atoms with Crippen molar-refractivity contribution in [1.82, 2.24) is 0 Å². The van der Waals surface area contributed by atoms with Crippen molar-refractivity contribution in [2.75, 3.05) is 18.0 Å². The third kappa shape index (κ3) is 2.67. The van der Waals surface area contributed by atoms with Gasteiger partial charge in [0.15, 0.2) is 0 Å². The standard InChI is InChI=1S/C17H19ClN2/c18-15-5-3-4-13(10-15)11-20-12-14(8-9-19)16-6-1-2-7-17(16)20/h1-7,10,14H,8-9,11-12,19H2. The van der Waals surface area contributed by atoms with E-state index in [4.69, 9.17) is 17.3 Å². The van der Waals surface area contributed by atoms with Gasteiger partial charge in [-0.3, -0.25) is 0 Å². The second-order valence-corrected chi connectivity index (χ2v) is 5.78. The predicted molar refractivity (Wildman–Crippen MR) is 85.4 cm³/mol. The Kier molecular flexibility index (Phi) is 3.95. The Bertz CT molecular complexity index is 597. The number of hydrogen-bond acceptors (Lipinski definition) is 2. The summed E-state index contributed by atoms with van der Waals surface area (Å²) in [5.41, 5.74) is 9.77. The van der Waals surface area contributed by atoms with Crippen molar-refractivity contribution in [1.29, 1.82) is 0 Å². The zero-order valence-corrected chi connectivity index (χ0v) is 12.2. The zero-order chi connectivity index (χ0) is 13.9. The smallest absolute Gasteiger partial charge is 0.0430 e. The number of rotatable bonds is 4. The summed E-state index contributed by atoms with van der Waals surface area (Å²) in [6.07, 6.45) is 1.04. The van der Waals surface area contributed by atoms with Crippen LogP contribution in [0.15, 0.2) is 48.5 Å². The third-order valence-electron chi connectivity index (χ3n) is 3.94. The van der Waals surface area contributed by atoms with E-state index in [0.717, 1.165) is 31.1 Å². The van der Waals surface area contributed by atoms with Gasteiger partial charge in [0.05, 0.1) is 0 Å². The highest BCUT2D eigenvalue weighted by Gasteiger charge is 2.27. The van der Waals surface area contributed by atoms with Gasteiger partial charge >= 0.3 is 0 Å². The number of hydrogen-bond donors (Lipinski definition) is 1. The van der Waals surface area contributed by atoms with Gasteiger partial charge in [0.25, 0.3) is 0 Å². The molecule has 20 heavy (non-hydrogen) atoms. The summed E-state index contributed by atoms with van der Waals surface area (Å²) in [5.74, 6) is 0.551. The maximum atomic E-state index is 6.07. The summed E-state index contributed by atoms with van der Waals surface area (Å²) >= 11 is 6.07. The van der Waals surface area contributed by atoms with Gasteiger partial charge in [0, 0.05) is 29.7 Å². The molecule has 0 spiro atoms. The van der Waals surface area contributed by atoms with Crippen LogP contribution in [-0.4, -0.2) is 13.1 Å². The minimum atomic E-state index is 0.551. The molecule has 1 aliphatic rings. The fraction of sp³-hybridized carbons (Fsp3) is 0.294. The first-order valence-electron chi connectivity index (χ1n) is 7.06. The van der Waals surface area contributed by atoms with E-state index >= 15 is 0 Å². The van der Waals surface area contributed by atoms with Crippen LogP contribution in [-0.2, 0) is 6.54 Å². The van der Waals surface area contributed by atoms with E-state index in [1.807, 2.05) is 18.2 Å². The predicted octanol–water partition coefficient (Wildman–Crippen LogP) is 3.79. The van der Waals surface area contributed by atoms with Gasteiger partial charge in [-0.15, -0.1) is 0 Å². The molecule has 0 fully saturated rings. The van der Waals surface area contributed by atoms with Crippen molar-refractivity contribution in [2.45, 2.75) is 18.9 Å². The highest BCUT2D eigenvalue weighted by atomic mass is 35.5. The molecule has 0 amide bonds. The molecular weight excluding hydrogens is 268 g/mol. The van der Waals surface area contributed by atoms with E-state index in [9.17, 15) is 0 Å². The van der Waals surface area contributed by atoms with Gasteiger partial charge in [-0.1, -0.05) is 41.9 Å². The van der Waals surface area contributed by atoms with Crippen molar-refractivity contribution >= 4 is 17.3 Å². The van der Waals surface area contributed by atoms with Crippen molar-refractivity contribution in [2.24, 2.45) is 5.73 Å². The lowest BCUT2D eigenvalue weighted by molar-refractivity contribution is 0.644. The van der Waals surface area contributed by atoms with Crippen LogP contribution in [0.2, 0.25) is 5.02 Å². The number of para-hydroxylation sites is 1. The van der Waals surface area contributed by atoms with Gasteiger partial charge in [0.1, 0.15) is 0 Å². The minimum absolute atomic E-state index is 0.551. The van der Waals surface area contributed by atoms with E-state index in [0.29, 0.717) is 5.92 Å². The first-order chi connectivity index (χ1) is 9.78. The summed E-state index contributed by atoms with van der Waals surface area (Å²) in [7, 11) is 0. The van der Waals surface area contributed by atoms with Crippen LogP contribution in [0.3, 0.4) is 0 Å². The maximum absolute atomic E-state index is 6.07. The highest BCUT2D eigenvalue weighted by molar-refractivity contribution is 6.30. The molecule has 2 N–H and O–H groups in total. The molecular formula is C17H19ClN2. The van der Waals surface area contributed by atoms with E-state index in [1.165, 1.54) is 16.8 Å². The second kappa shape index (κ2) is 5.86. The van der Waals surface area contributed by atoms with Crippen molar-refractivity contribution < 1.29 is 0 Å². The van der Waals surface area contributed by atoms with Crippen LogP contribution in [0.25, 0.3) is 0 Å². The molecule has 3 rings (SSSR count). The van der Waals surface area contributed by atoms with Crippen LogP contribution >= 0.6 is 11.6 Å². The topological polar surface area (TPSA) is 29.3 Å². The average Bonchev–Trinajstić information content (AvgIpc) is 2.78. The summed E-state index contributed by atoms with van der Waals surface area (Å²) < 4.78 is 0. The molecule has 3 heteroatoms. The van der Waals surface area contributed by atoms with Gasteiger partial charge in [-0.25, -0.2) is 0 Å². The first-order valence-corrected chi connectivity index (χ1v) is 7.44. The Balaban J connectivity index is 1.85. The number of nitrogens with zero attached hydrogens (tertiary/aromatic N) is 1. The number of benzene rings is 2. The normalized spacial score (nSPS) is 17.3. The fourth-order valence-electron chi connectivity index (χ4n) is 3.04. The van der Waals surface area contributed by atoms with E-state index in [-0.39, 0.29) is 0 Å². The van der Waals surface area contributed by atoms with E-state index in [2.05, 4.69) is 35.2 Å². The molecule has 104 valence electrons. The molecule has 1 atom stereocenters. The highest BCUT2D eigenvalue weighted by Crippen LogP contribution is 2.38. The number of anilines is 1. The van der Waals surface area contributed by atoms with Crippen molar-refractivity contribution in [3.8, 4) is 0 Å². The fourth-order valence-corrected chi connectivity index (χ4v) is 3.25. The third-order valence-corrected chi connectivity index (χ3v) is 4.17. The Morgan fingerprint density at radius 2 is 2.00 bits per heavy atom. The molecule has 0 saturated heterocycles. The van der Waals surface area contributed by atoms with E-state index in [1.54, 1.807) is 0 Å². The number of fused-ring (bicyclic) bond motifs is 1. The molecule has 1 heterocycles. The minimum Gasteiger partial charge on any atom is -0.366 e. The Morgan fingerprint density at radius 3 is 2.80 bits per heavy atom. The molecule has 0 aliphatic carbocycles. The second-order valence-electron chi connectivity index (χ2n) is 5.34. The molecule has 2 aromatic rings. The SMILES string of the molecule is NCCC1CN(Cc2cccc(Cl)c2)c2ccccc21. The van der Waals surface area contributed by atoms with Crippen LogP contribution in [0.5, 0.6) is 0 Å². The summed E-state index contributed by atoms with van der Waals surface area (Å²) in [4.78, 5) is 2.43. The Morgan fingerprint density at radius 1 is 1.15 bits per heavy atom. The van der Waals surface area contributed by atoms with E-state index < -0.39 is 0 Å². The van der Waals surface area contributed by atoms with Gasteiger partial charge in [-0.2, -0.15) is 0 Å². The summed E-state index contributed by atoms with van der Waals surface area (Å²) in [5, 5.41) is 0.800. The van der Waals surface area contributed by atoms with Crippen LogP contribution in [0, 0.1) is 0 Å². The quantitative estimate of drug-likeness (QED) is 0.926. The molecule has 2 nitrogen and oxygen atoms in total. The van der Waals surface area contributed by atoms with Crippen LogP contribution in [0.4, 0.5) is 5.69 Å². The molecule has 1 unspecified atom stereocenters. The lowest BCUT2D eigenvalue weighted by Crippen LogP contribution is -2.22. The zero-order valence-electron chi connectivity index (χ0n) is 11.4. The largest absolute Gasteiger partial charge is 0.366 e. The maximum Gasteiger partial charge on any atom is 0.0430 e. The van der Waals surface area contributed by atoms with Crippen molar-refractivity contribution in [3.63, 3.8) is 0 Å². The van der Waals surface area contributed by atoms with Crippen molar-refractivity contribution in [3.05, 3.63) is 64.7 Å². The first kappa shape index (κ1) is 13.5. The molecule has 0 aromatic heterocycles. The van der Waals surface area contributed by atoms with Gasteiger partial charge < -0.3 is 10.6 Å². The summed E-state index contributed by atoms with van der Waals surface area (Å²) in [6.45, 7) is 2.69. The van der Waals surface area contributed by atoms with Crippen LogP contribution in [0.1, 0.15) is 23.5 Å². The Hall–Kier alpha value is -1.51.